The maximum atomic E-state index is 12.3. The monoisotopic (exact) mass is 300 g/mol. The van der Waals surface area contributed by atoms with E-state index in [1.165, 1.54) is 6.42 Å². The smallest absolute Gasteiger partial charge is 0.227 e. The molecule has 0 bridgehead atoms. The first kappa shape index (κ1) is 15.1. The van der Waals surface area contributed by atoms with Crippen molar-refractivity contribution in [1.82, 2.24) is 0 Å². The quantitative estimate of drug-likeness (QED) is 0.887. The van der Waals surface area contributed by atoms with Gasteiger partial charge in [-0.05, 0) is 50.3 Å². The van der Waals surface area contributed by atoms with Crippen molar-refractivity contribution < 1.29 is 9.59 Å². The molecule has 2 fully saturated rings. The first-order valence-corrected chi connectivity index (χ1v) is 8.36. The normalized spacial score (nSPS) is 18.8. The van der Waals surface area contributed by atoms with E-state index in [0.29, 0.717) is 0 Å². The zero-order chi connectivity index (χ0) is 15.5. The Labute approximate surface area is 131 Å². The Morgan fingerprint density at radius 2 is 1.55 bits per heavy atom. The summed E-state index contributed by atoms with van der Waals surface area (Å²) < 4.78 is 0. The summed E-state index contributed by atoms with van der Waals surface area (Å²) in [5.41, 5.74) is 2.59. The summed E-state index contributed by atoms with van der Waals surface area (Å²) >= 11 is 0. The number of rotatable bonds is 4. The highest BCUT2D eigenvalue weighted by atomic mass is 16.2. The van der Waals surface area contributed by atoms with E-state index in [0.717, 1.165) is 55.5 Å². The van der Waals surface area contributed by atoms with Gasteiger partial charge in [-0.25, -0.2) is 0 Å². The van der Waals surface area contributed by atoms with Gasteiger partial charge in [0.05, 0.1) is 0 Å². The first-order valence-electron chi connectivity index (χ1n) is 8.36. The van der Waals surface area contributed by atoms with Gasteiger partial charge in [0, 0.05) is 23.2 Å². The summed E-state index contributed by atoms with van der Waals surface area (Å²) in [5, 5.41) is 5.98. The Bertz CT molecular complexity index is 572. The number of anilines is 2. The molecule has 2 amide bonds. The van der Waals surface area contributed by atoms with Crippen molar-refractivity contribution in [2.24, 2.45) is 11.8 Å². The summed E-state index contributed by atoms with van der Waals surface area (Å²) in [6.07, 6.45) is 7.49. The van der Waals surface area contributed by atoms with E-state index in [2.05, 4.69) is 10.6 Å². The molecule has 4 heteroatoms. The predicted molar refractivity (Wildman–Crippen MR) is 87.7 cm³/mol. The number of nitrogens with one attached hydrogen (secondary N) is 2. The third kappa shape index (κ3) is 3.67. The molecular formula is C18H24N2O2. The minimum absolute atomic E-state index is 0.0962. The Morgan fingerprint density at radius 1 is 0.909 bits per heavy atom. The molecule has 0 aliphatic heterocycles. The Balaban J connectivity index is 1.65. The number of carbonyl (C=O) groups is 2. The fourth-order valence-corrected chi connectivity index (χ4v) is 3.02. The van der Waals surface area contributed by atoms with Crippen molar-refractivity contribution in [3.05, 3.63) is 23.8 Å². The van der Waals surface area contributed by atoms with Gasteiger partial charge in [-0.15, -0.1) is 0 Å². The van der Waals surface area contributed by atoms with Crippen LogP contribution in [0.15, 0.2) is 18.2 Å². The molecule has 22 heavy (non-hydrogen) atoms. The highest BCUT2D eigenvalue weighted by molar-refractivity contribution is 5.97. The average Bonchev–Trinajstić information content (AvgIpc) is 3.36. The molecule has 0 unspecified atom stereocenters. The number of carbonyl (C=O) groups excluding carboxylic acids is 2. The minimum atomic E-state index is 0.0962. The minimum Gasteiger partial charge on any atom is -0.326 e. The van der Waals surface area contributed by atoms with E-state index in [4.69, 9.17) is 0 Å². The summed E-state index contributed by atoms with van der Waals surface area (Å²) in [4.78, 5) is 24.2. The van der Waals surface area contributed by atoms with E-state index in [1.54, 1.807) is 0 Å². The molecule has 0 saturated heterocycles. The van der Waals surface area contributed by atoms with Crippen LogP contribution in [0.5, 0.6) is 0 Å². The number of amides is 2. The Morgan fingerprint density at radius 3 is 2.23 bits per heavy atom. The van der Waals surface area contributed by atoms with E-state index in [-0.39, 0.29) is 23.7 Å². The maximum Gasteiger partial charge on any atom is 0.227 e. The van der Waals surface area contributed by atoms with Crippen LogP contribution in [0.2, 0.25) is 0 Å². The van der Waals surface area contributed by atoms with Crippen LogP contribution in [0.4, 0.5) is 11.4 Å². The average molecular weight is 300 g/mol. The molecule has 0 atom stereocenters. The zero-order valence-corrected chi connectivity index (χ0v) is 13.2. The zero-order valence-electron chi connectivity index (χ0n) is 13.2. The molecule has 1 aromatic rings. The van der Waals surface area contributed by atoms with Gasteiger partial charge in [0.15, 0.2) is 0 Å². The molecule has 2 N–H and O–H groups in total. The van der Waals surface area contributed by atoms with Crippen LogP contribution in [-0.2, 0) is 9.59 Å². The van der Waals surface area contributed by atoms with E-state index in [9.17, 15) is 9.59 Å². The van der Waals surface area contributed by atoms with Gasteiger partial charge >= 0.3 is 0 Å². The van der Waals surface area contributed by atoms with Gasteiger partial charge in [-0.1, -0.05) is 25.3 Å². The third-order valence-electron chi connectivity index (χ3n) is 4.69. The molecule has 0 radical (unpaired) electrons. The number of benzene rings is 1. The molecule has 0 heterocycles. The van der Waals surface area contributed by atoms with Gasteiger partial charge in [-0.3, -0.25) is 9.59 Å². The first-order chi connectivity index (χ1) is 10.6. The molecule has 2 saturated carbocycles. The molecule has 0 aromatic heterocycles. The number of aryl methyl sites for hydroxylation is 1. The maximum absolute atomic E-state index is 12.3. The molecule has 0 spiro atoms. The SMILES string of the molecule is Cc1ccc(NC(=O)C2CCCCC2)cc1NC(=O)C1CC1. The van der Waals surface area contributed by atoms with Crippen molar-refractivity contribution in [3.8, 4) is 0 Å². The van der Waals surface area contributed by atoms with Crippen LogP contribution in [0.25, 0.3) is 0 Å². The topological polar surface area (TPSA) is 58.2 Å². The number of hydrogen-bond acceptors (Lipinski definition) is 2. The van der Waals surface area contributed by atoms with Crippen LogP contribution >= 0.6 is 0 Å². The summed E-state index contributed by atoms with van der Waals surface area (Å²) in [7, 11) is 0. The lowest BCUT2D eigenvalue weighted by atomic mass is 9.88. The van der Waals surface area contributed by atoms with Gasteiger partial charge < -0.3 is 10.6 Å². The van der Waals surface area contributed by atoms with Crippen LogP contribution in [0, 0.1) is 18.8 Å². The van der Waals surface area contributed by atoms with Crippen molar-refractivity contribution in [3.63, 3.8) is 0 Å². The standard InChI is InChI=1S/C18H24N2O2/c1-12-7-10-15(11-16(12)20-18(22)14-8-9-14)19-17(21)13-5-3-2-4-6-13/h7,10-11,13-14H,2-6,8-9H2,1H3,(H,19,21)(H,20,22). The molecular weight excluding hydrogens is 276 g/mol. The highest BCUT2D eigenvalue weighted by Gasteiger charge is 2.29. The third-order valence-corrected chi connectivity index (χ3v) is 4.69. The summed E-state index contributed by atoms with van der Waals surface area (Å²) in [5.74, 6) is 0.529. The molecule has 4 nitrogen and oxygen atoms in total. The van der Waals surface area contributed by atoms with Crippen LogP contribution < -0.4 is 10.6 Å². The summed E-state index contributed by atoms with van der Waals surface area (Å²) in [6, 6.07) is 5.72. The molecule has 3 rings (SSSR count). The van der Waals surface area contributed by atoms with Crippen molar-refractivity contribution in [2.75, 3.05) is 10.6 Å². The van der Waals surface area contributed by atoms with E-state index in [1.807, 2.05) is 25.1 Å². The van der Waals surface area contributed by atoms with Crippen molar-refractivity contribution in [2.45, 2.75) is 51.9 Å². The molecule has 2 aliphatic rings. The Hall–Kier alpha value is -1.84. The van der Waals surface area contributed by atoms with E-state index >= 15 is 0 Å². The largest absolute Gasteiger partial charge is 0.326 e. The lowest BCUT2D eigenvalue weighted by Gasteiger charge is -2.21. The van der Waals surface area contributed by atoms with Crippen molar-refractivity contribution >= 4 is 23.2 Å². The Kier molecular flexibility index (Phi) is 4.46. The van der Waals surface area contributed by atoms with Crippen molar-refractivity contribution in [1.29, 1.82) is 0 Å². The second-order valence-electron chi connectivity index (χ2n) is 6.62. The van der Waals surface area contributed by atoms with Gasteiger partial charge in [0.1, 0.15) is 0 Å². The van der Waals surface area contributed by atoms with Gasteiger partial charge in [0.25, 0.3) is 0 Å². The van der Waals surface area contributed by atoms with Crippen LogP contribution in [0.1, 0.15) is 50.5 Å². The van der Waals surface area contributed by atoms with Gasteiger partial charge in [-0.2, -0.15) is 0 Å². The second-order valence-corrected chi connectivity index (χ2v) is 6.62. The molecule has 118 valence electrons. The lowest BCUT2D eigenvalue weighted by molar-refractivity contribution is -0.120. The van der Waals surface area contributed by atoms with E-state index < -0.39 is 0 Å². The lowest BCUT2D eigenvalue weighted by Crippen LogP contribution is -2.24. The van der Waals surface area contributed by atoms with Crippen LogP contribution in [0.3, 0.4) is 0 Å². The fourth-order valence-electron chi connectivity index (χ4n) is 3.02. The highest BCUT2D eigenvalue weighted by Crippen LogP contribution is 2.31. The fraction of sp³-hybridized carbons (Fsp3) is 0.556. The molecule has 1 aromatic carbocycles. The predicted octanol–water partition coefficient (Wildman–Crippen LogP) is 3.86. The number of hydrogen-bond donors (Lipinski definition) is 2. The molecule has 2 aliphatic carbocycles. The summed E-state index contributed by atoms with van der Waals surface area (Å²) in [6.45, 7) is 1.97. The van der Waals surface area contributed by atoms with Gasteiger partial charge in [0.2, 0.25) is 11.8 Å². The second kappa shape index (κ2) is 6.51. The van der Waals surface area contributed by atoms with Crippen LogP contribution in [-0.4, -0.2) is 11.8 Å².